The number of anilines is 2. The largest absolute Gasteiger partial charge is 0.398 e. The van der Waals surface area contributed by atoms with Crippen LogP contribution in [0.1, 0.15) is 95.4 Å². The van der Waals surface area contributed by atoms with Crippen LogP contribution in [0.2, 0.25) is 10.0 Å². The van der Waals surface area contributed by atoms with Crippen LogP contribution in [0.5, 0.6) is 0 Å². The maximum absolute atomic E-state index is 12.6. The molecule has 0 bridgehead atoms. The second kappa shape index (κ2) is 17.0. The molecule has 0 radical (unpaired) electrons. The summed E-state index contributed by atoms with van der Waals surface area (Å²) in [6, 6.07) is 9.78. The molecule has 11 heteroatoms. The van der Waals surface area contributed by atoms with Gasteiger partial charge in [0.1, 0.15) is 5.69 Å². The molecule has 1 heterocycles. The molecule has 2 saturated carbocycles. The van der Waals surface area contributed by atoms with Gasteiger partial charge in [-0.3, -0.25) is 19.4 Å². The van der Waals surface area contributed by atoms with E-state index in [0.717, 1.165) is 19.4 Å². The summed E-state index contributed by atoms with van der Waals surface area (Å²) in [7, 11) is 0. The Hall–Kier alpha value is -3.69. The Balaban J connectivity index is 0.000000215. The van der Waals surface area contributed by atoms with Crippen LogP contribution < -0.4 is 21.7 Å². The zero-order chi connectivity index (χ0) is 31.3. The lowest BCUT2D eigenvalue weighted by atomic mass is 9.89. The van der Waals surface area contributed by atoms with Crippen molar-refractivity contribution in [3.8, 4) is 0 Å². The standard InChI is InChI=1S/C19H21ClN4O2.C14H19ClN2O/c20-14-6-7-16(24-19(26)17-12-21-8-9-22-17)15(10-14)18(25)23-11-13-4-2-1-3-5-13;15-11-6-7-13(16)12(8-11)14(18)17-9-10-4-2-1-3-5-10/h6-10,12-13H,1-5,11H2,(H,23,25)(H,24,26);6-8,10H,1-5,9,16H2,(H,17,18). The molecule has 0 atom stereocenters. The molecule has 44 heavy (non-hydrogen) atoms. The summed E-state index contributed by atoms with van der Waals surface area (Å²) < 4.78 is 0. The zero-order valence-corrected chi connectivity index (χ0v) is 26.3. The van der Waals surface area contributed by atoms with Crippen molar-refractivity contribution in [2.24, 2.45) is 11.8 Å². The van der Waals surface area contributed by atoms with Crippen molar-refractivity contribution in [2.75, 3.05) is 24.1 Å². The molecule has 5 N–H and O–H groups in total. The number of carbonyl (C=O) groups excluding carboxylic acids is 3. The van der Waals surface area contributed by atoms with Crippen LogP contribution in [0.3, 0.4) is 0 Å². The number of rotatable bonds is 8. The van der Waals surface area contributed by atoms with Gasteiger partial charge in [0.15, 0.2) is 0 Å². The number of carbonyl (C=O) groups is 3. The predicted molar refractivity (Wildman–Crippen MR) is 175 cm³/mol. The Kier molecular flexibility index (Phi) is 12.8. The molecule has 2 fully saturated rings. The van der Waals surface area contributed by atoms with Crippen LogP contribution in [-0.2, 0) is 0 Å². The highest BCUT2D eigenvalue weighted by Crippen LogP contribution is 2.25. The first-order valence-electron chi connectivity index (χ1n) is 15.3. The topological polar surface area (TPSA) is 139 Å². The van der Waals surface area contributed by atoms with Crippen LogP contribution in [0.25, 0.3) is 0 Å². The number of hydrogen-bond acceptors (Lipinski definition) is 6. The van der Waals surface area contributed by atoms with E-state index < -0.39 is 5.91 Å². The van der Waals surface area contributed by atoms with E-state index in [9.17, 15) is 14.4 Å². The molecule has 0 spiro atoms. The molecule has 9 nitrogen and oxygen atoms in total. The number of aromatic nitrogens is 2. The van der Waals surface area contributed by atoms with Gasteiger partial charge in [-0.2, -0.15) is 0 Å². The number of benzene rings is 2. The Morgan fingerprint density at radius 3 is 1.84 bits per heavy atom. The highest BCUT2D eigenvalue weighted by Gasteiger charge is 2.19. The summed E-state index contributed by atoms with van der Waals surface area (Å²) >= 11 is 11.9. The second-order valence-corrected chi connectivity index (χ2v) is 12.3. The van der Waals surface area contributed by atoms with E-state index in [1.165, 1.54) is 70.0 Å². The molecule has 3 amide bonds. The fourth-order valence-corrected chi connectivity index (χ4v) is 5.93. The van der Waals surface area contributed by atoms with Gasteiger partial charge < -0.3 is 21.7 Å². The van der Waals surface area contributed by atoms with Gasteiger partial charge in [-0.1, -0.05) is 61.7 Å². The average molecular weight is 640 g/mol. The number of nitrogens with zero attached hydrogens (tertiary/aromatic N) is 2. The minimum atomic E-state index is -0.429. The number of amides is 3. The van der Waals surface area contributed by atoms with E-state index in [1.54, 1.807) is 36.4 Å². The normalized spacial score (nSPS) is 15.4. The molecular weight excluding hydrogens is 599 g/mol. The monoisotopic (exact) mass is 638 g/mol. The van der Waals surface area contributed by atoms with Crippen LogP contribution >= 0.6 is 23.2 Å². The SMILES string of the molecule is Nc1ccc(Cl)cc1C(=O)NCC1CCCCC1.O=C(Nc1ccc(Cl)cc1C(=O)NCC1CCCCC1)c1cnccn1. The van der Waals surface area contributed by atoms with Gasteiger partial charge in [0, 0.05) is 41.2 Å². The highest BCUT2D eigenvalue weighted by atomic mass is 35.5. The van der Waals surface area contributed by atoms with Crippen molar-refractivity contribution in [2.45, 2.75) is 64.2 Å². The van der Waals surface area contributed by atoms with Gasteiger partial charge >= 0.3 is 0 Å². The van der Waals surface area contributed by atoms with Crippen molar-refractivity contribution in [1.82, 2.24) is 20.6 Å². The molecule has 0 saturated heterocycles. The quantitative estimate of drug-likeness (QED) is 0.197. The second-order valence-electron chi connectivity index (χ2n) is 11.4. The van der Waals surface area contributed by atoms with Crippen molar-refractivity contribution in [3.05, 3.63) is 81.9 Å². The summed E-state index contributed by atoms with van der Waals surface area (Å²) in [5.74, 6) is 0.336. The van der Waals surface area contributed by atoms with Gasteiger partial charge in [-0.05, 0) is 73.9 Å². The molecule has 1 aromatic heterocycles. The number of nitrogens with two attached hydrogens (primary N) is 1. The van der Waals surface area contributed by atoms with Gasteiger partial charge in [-0.15, -0.1) is 0 Å². The summed E-state index contributed by atoms with van der Waals surface area (Å²) in [6.45, 7) is 1.38. The molecule has 0 aliphatic heterocycles. The van der Waals surface area contributed by atoms with E-state index in [0.29, 0.717) is 50.9 Å². The Morgan fingerprint density at radius 1 is 0.727 bits per heavy atom. The third-order valence-corrected chi connectivity index (χ3v) is 8.55. The third-order valence-electron chi connectivity index (χ3n) is 8.08. The first kappa shape index (κ1) is 33.2. The highest BCUT2D eigenvalue weighted by molar-refractivity contribution is 6.31. The molecule has 2 aliphatic rings. The van der Waals surface area contributed by atoms with Crippen LogP contribution in [0.4, 0.5) is 11.4 Å². The van der Waals surface area contributed by atoms with Crippen molar-refractivity contribution < 1.29 is 14.4 Å². The van der Waals surface area contributed by atoms with Gasteiger partial charge in [0.2, 0.25) is 0 Å². The Labute approximate surface area is 268 Å². The summed E-state index contributed by atoms with van der Waals surface area (Å²) in [5, 5.41) is 9.61. The maximum Gasteiger partial charge on any atom is 0.275 e. The minimum absolute atomic E-state index is 0.124. The first-order chi connectivity index (χ1) is 21.3. The van der Waals surface area contributed by atoms with Crippen LogP contribution in [0.15, 0.2) is 55.0 Å². The number of halogens is 2. The number of nitrogens with one attached hydrogen (secondary N) is 3. The first-order valence-corrected chi connectivity index (χ1v) is 16.0. The molecular formula is C33H40Cl2N6O3. The van der Waals surface area contributed by atoms with Crippen molar-refractivity contribution >= 4 is 52.3 Å². The lowest BCUT2D eigenvalue weighted by molar-refractivity contribution is 0.0936. The van der Waals surface area contributed by atoms with E-state index >= 15 is 0 Å². The third kappa shape index (κ3) is 10.2. The Bertz CT molecular complexity index is 1410. The minimum Gasteiger partial charge on any atom is -0.398 e. The smallest absolute Gasteiger partial charge is 0.275 e. The lowest BCUT2D eigenvalue weighted by Gasteiger charge is -2.22. The van der Waals surface area contributed by atoms with Gasteiger partial charge in [-0.25, -0.2) is 4.98 Å². The Morgan fingerprint density at radius 2 is 1.27 bits per heavy atom. The fourth-order valence-electron chi connectivity index (χ4n) is 5.59. The number of nitrogen functional groups attached to an aromatic ring is 1. The summed E-state index contributed by atoms with van der Waals surface area (Å²) in [6.07, 6.45) is 16.6. The molecule has 5 rings (SSSR count). The van der Waals surface area contributed by atoms with Gasteiger partial charge in [0.05, 0.1) is 23.0 Å². The van der Waals surface area contributed by atoms with Gasteiger partial charge in [0.25, 0.3) is 17.7 Å². The van der Waals surface area contributed by atoms with Crippen LogP contribution in [-0.4, -0.2) is 40.8 Å². The molecule has 0 unspecified atom stereocenters. The predicted octanol–water partition coefficient (Wildman–Crippen LogP) is 6.92. The summed E-state index contributed by atoms with van der Waals surface area (Å²) in [4.78, 5) is 44.8. The van der Waals surface area contributed by atoms with E-state index in [-0.39, 0.29) is 17.5 Å². The molecule has 234 valence electrons. The molecule has 3 aromatic rings. The average Bonchev–Trinajstić information content (AvgIpc) is 3.06. The maximum atomic E-state index is 12.6. The molecule has 2 aliphatic carbocycles. The van der Waals surface area contributed by atoms with Crippen LogP contribution in [0, 0.1) is 11.8 Å². The van der Waals surface area contributed by atoms with E-state index in [4.69, 9.17) is 28.9 Å². The fraction of sp³-hybridized carbons (Fsp3) is 0.424. The van der Waals surface area contributed by atoms with Crippen molar-refractivity contribution in [1.29, 1.82) is 0 Å². The zero-order valence-electron chi connectivity index (χ0n) is 24.8. The summed E-state index contributed by atoms with van der Waals surface area (Å²) in [5.41, 5.74) is 7.63. The molecule has 2 aromatic carbocycles. The van der Waals surface area contributed by atoms with E-state index in [1.807, 2.05) is 0 Å². The van der Waals surface area contributed by atoms with E-state index in [2.05, 4.69) is 25.9 Å². The number of hydrogen-bond donors (Lipinski definition) is 4. The van der Waals surface area contributed by atoms with Crippen molar-refractivity contribution in [3.63, 3.8) is 0 Å². The lowest BCUT2D eigenvalue weighted by Crippen LogP contribution is -2.31.